The molecule has 0 amide bonds. The van der Waals surface area contributed by atoms with Crippen molar-refractivity contribution >= 4 is 0 Å². The van der Waals surface area contributed by atoms with E-state index in [1.54, 1.807) is 0 Å². The Morgan fingerprint density at radius 3 is 2.64 bits per heavy atom. The molecule has 1 rings (SSSR count). The second-order valence-electron chi connectivity index (χ2n) is 5.01. The molecule has 1 aliphatic carbocycles. The van der Waals surface area contributed by atoms with Gasteiger partial charge in [0.05, 0.1) is 0 Å². The molecular weight excluding hydrogens is 170 g/mol. The van der Waals surface area contributed by atoms with Crippen molar-refractivity contribution in [1.82, 2.24) is 5.32 Å². The Morgan fingerprint density at radius 2 is 2.00 bits per heavy atom. The molecule has 1 atom stereocenters. The fraction of sp³-hybridized carbons (Fsp3) is 1.00. The standard InChI is InChI=1S/C13H27N/c1-3-12(2)11-14-10-6-9-13-7-4-5-8-13/h12-14H,3-11H2,1-2H3. The van der Waals surface area contributed by atoms with Crippen molar-refractivity contribution in [2.75, 3.05) is 13.1 Å². The van der Waals surface area contributed by atoms with Gasteiger partial charge in [0.2, 0.25) is 0 Å². The molecule has 1 unspecified atom stereocenters. The highest BCUT2D eigenvalue weighted by molar-refractivity contribution is 4.67. The zero-order chi connectivity index (χ0) is 10.2. The molecule has 1 N–H and O–H groups in total. The molecule has 0 bridgehead atoms. The average Bonchev–Trinajstić information content (AvgIpc) is 2.69. The molecular formula is C13H27N. The lowest BCUT2D eigenvalue weighted by molar-refractivity contribution is 0.448. The minimum absolute atomic E-state index is 0.849. The molecule has 0 aromatic rings. The van der Waals surface area contributed by atoms with Crippen molar-refractivity contribution in [3.8, 4) is 0 Å². The van der Waals surface area contributed by atoms with Crippen LogP contribution in [0.4, 0.5) is 0 Å². The van der Waals surface area contributed by atoms with Gasteiger partial charge in [0, 0.05) is 0 Å². The van der Waals surface area contributed by atoms with Gasteiger partial charge >= 0.3 is 0 Å². The third-order valence-electron chi connectivity index (χ3n) is 3.63. The van der Waals surface area contributed by atoms with E-state index >= 15 is 0 Å². The number of rotatable bonds is 7. The molecule has 1 saturated carbocycles. The van der Waals surface area contributed by atoms with Gasteiger partial charge in [0.25, 0.3) is 0 Å². The molecule has 84 valence electrons. The molecule has 0 aromatic carbocycles. The summed E-state index contributed by atoms with van der Waals surface area (Å²) in [4.78, 5) is 0. The van der Waals surface area contributed by atoms with Crippen LogP contribution in [-0.2, 0) is 0 Å². The Balaban J connectivity index is 1.84. The summed E-state index contributed by atoms with van der Waals surface area (Å²) in [6, 6.07) is 0. The van der Waals surface area contributed by atoms with Gasteiger partial charge in [0.1, 0.15) is 0 Å². The van der Waals surface area contributed by atoms with Crippen LogP contribution < -0.4 is 5.32 Å². The van der Waals surface area contributed by atoms with E-state index in [1.807, 2.05) is 0 Å². The zero-order valence-corrected chi connectivity index (χ0v) is 10.0. The molecule has 1 nitrogen and oxygen atoms in total. The third-order valence-corrected chi connectivity index (χ3v) is 3.63. The fourth-order valence-corrected chi connectivity index (χ4v) is 2.31. The van der Waals surface area contributed by atoms with Crippen LogP contribution in [0.25, 0.3) is 0 Å². The van der Waals surface area contributed by atoms with Crippen LogP contribution in [0, 0.1) is 11.8 Å². The minimum Gasteiger partial charge on any atom is -0.316 e. The van der Waals surface area contributed by atoms with Crippen molar-refractivity contribution in [3.63, 3.8) is 0 Å². The summed E-state index contributed by atoms with van der Waals surface area (Å²) in [6.07, 6.45) is 10.1. The minimum atomic E-state index is 0.849. The lowest BCUT2D eigenvalue weighted by Gasteiger charge is -2.11. The SMILES string of the molecule is CCC(C)CNCCCC1CCCC1. The summed E-state index contributed by atoms with van der Waals surface area (Å²) in [5.41, 5.74) is 0. The van der Waals surface area contributed by atoms with E-state index in [0.29, 0.717) is 0 Å². The molecule has 1 heteroatoms. The van der Waals surface area contributed by atoms with Crippen LogP contribution in [0.1, 0.15) is 58.8 Å². The number of hydrogen-bond donors (Lipinski definition) is 1. The van der Waals surface area contributed by atoms with E-state index in [0.717, 1.165) is 11.8 Å². The van der Waals surface area contributed by atoms with E-state index in [-0.39, 0.29) is 0 Å². The van der Waals surface area contributed by atoms with Gasteiger partial charge in [-0.15, -0.1) is 0 Å². The summed E-state index contributed by atoms with van der Waals surface area (Å²) < 4.78 is 0. The first kappa shape index (κ1) is 12.0. The van der Waals surface area contributed by atoms with Gasteiger partial charge < -0.3 is 5.32 Å². The first-order valence-corrected chi connectivity index (χ1v) is 6.53. The highest BCUT2D eigenvalue weighted by Crippen LogP contribution is 2.28. The third kappa shape index (κ3) is 4.99. The molecule has 0 saturated heterocycles. The van der Waals surface area contributed by atoms with E-state index in [2.05, 4.69) is 19.2 Å². The summed E-state index contributed by atoms with van der Waals surface area (Å²) in [6.45, 7) is 7.04. The van der Waals surface area contributed by atoms with Gasteiger partial charge in [-0.25, -0.2) is 0 Å². The Hall–Kier alpha value is -0.0400. The number of hydrogen-bond acceptors (Lipinski definition) is 1. The molecule has 0 heterocycles. The van der Waals surface area contributed by atoms with Crippen LogP contribution in [0.15, 0.2) is 0 Å². The maximum absolute atomic E-state index is 3.56. The Labute approximate surface area is 89.7 Å². The largest absolute Gasteiger partial charge is 0.316 e. The molecule has 14 heavy (non-hydrogen) atoms. The second kappa shape index (κ2) is 7.28. The first-order valence-electron chi connectivity index (χ1n) is 6.53. The molecule has 1 aliphatic rings. The smallest absolute Gasteiger partial charge is 0.00233 e. The average molecular weight is 197 g/mol. The van der Waals surface area contributed by atoms with Crippen molar-refractivity contribution in [2.45, 2.75) is 58.8 Å². The topological polar surface area (TPSA) is 12.0 Å². The number of nitrogens with one attached hydrogen (secondary N) is 1. The lowest BCUT2D eigenvalue weighted by Crippen LogP contribution is -2.22. The van der Waals surface area contributed by atoms with E-state index in [9.17, 15) is 0 Å². The molecule has 1 fully saturated rings. The van der Waals surface area contributed by atoms with Gasteiger partial charge in [0.15, 0.2) is 0 Å². The van der Waals surface area contributed by atoms with Crippen LogP contribution >= 0.6 is 0 Å². The fourth-order valence-electron chi connectivity index (χ4n) is 2.31. The van der Waals surface area contributed by atoms with Crippen molar-refractivity contribution < 1.29 is 0 Å². The van der Waals surface area contributed by atoms with Crippen molar-refractivity contribution in [2.24, 2.45) is 11.8 Å². The highest BCUT2D eigenvalue weighted by atomic mass is 14.8. The van der Waals surface area contributed by atoms with Crippen LogP contribution in [-0.4, -0.2) is 13.1 Å². The summed E-state index contributed by atoms with van der Waals surface area (Å²) in [5.74, 6) is 1.92. The van der Waals surface area contributed by atoms with E-state index in [4.69, 9.17) is 0 Å². The quantitative estimate of drug-likeness (QED) is 0.615. The molecule has 0 radical (unpaired) electrons. The van der Waals surface area contributed by atoms with Crippen LogP contribution in [0.2, 0.25) is 0 Å². The maximum Gasteiger partial charge on any atom is -0.00233 e. The van der Waals surface area contributed by atoms with Gasteiger partial charge in [-0.05, 0) is 37.8 Å². The summed E-state index contributed by atoms with van der Waals surface area (Å²) >= 11 is 0. The Bertz CT molecular complexity index is 127. The Morgan fingerprint density at radius 1 is 1.29 bits per heavy atom. The zero-order valence-electron chi connectivity index (χ0n) is 10.0. The second-order valence-corrected chi connectivity index (χ2v) is 5.01. The monoisotopic (exact) mass is 197 g/mol. The predicted octanol–water partition coefficient (Wildman–Crippen LogP) is 3.59. The molecule has 0 aromatic heterocycles. The predicted molar refractivity (Wildman–Crippen MR) is 63.5 cm³/mol. The van der Waals surface area contributed by atoms with Gasteiger partial charge in [-0.1, -0.05) is 46.0 Å². The maximum atomic E-state index is 3.56. The van der Waals surface area contributed by atoms with Crippen molar-refractivity contribution in [1.29, 1.82) is 0 Å². The lowest BCUT2D eigenvalue weighted by atomic mass is 10.0. The molecule has 0 spiro atoms. The van der Waals surface area contributed by atoms with Crippen LogP contribution in [0.3, 0.4) is 0 Å². The van der Waals surface area contributed by atoms with Crippen molar-refractivity contribution in [3.05, 3.63) is 0 Å². The summed E-state index contributed by atoms with van der Waals surface area (Å²) in [5, 5.41) is 3.56. The van der Waals surface area contributed by atoms with Gasteiger partial charge in [-0.3, -0.25) is 0 Å². The summed E-state index contributed by atoms with van der Waals surface area (Å²) in [7, 11) is 0. The van der Waals surface area contributed by atoms with E-state index in [1.165, 1.54) is 58.0 Å². The highest BCUT2D eigenvalue weighted by Gasteiger charge is 2.13. The van der Waals surface area contributed by atoms with E-state index < -0.39 is 0 Å². The normalized spacial score (nSPS) is 20.1. The van der Waals surface area contributed by atoms with Crippen LogP contribution in [0.5, 0.6) is 0 Å². The first-order chi connectivity index (χ1) is 6.83. The Kier molecular flexibility index (Phi) is 6.25. The van der Waals surface area contributed by atoms with Gasteiger partial charge in [-0.2, -0.15) is 0 Å². The molecule has 0 aliphatic heterocycles.